The number of benzene rings is 1. The molecule has 0 spiro atoms. The summed E-state index contributed by atoms with van der Waals surface area (Å²) in [6.07, 6.45) is -5.13. The van der Waals surface area contributed by atoms with Crippen LogP contribution in [-0.4, -0.2) is 80.1 Å². The molecule has 200 valence electrons. The van der Waals surface area contributed by atoms with E-state index in [9.17, 15) is 34.8 Å². The number of carbonyl (C=O) groups excluding carboxylic acids is 3. The Morgan fingerprint density at radius 3 is 2.11 bits per heavy atom. The molecule has 36 heavy (non-hydrogen) atoms. The number of hydrogen-bond donors (Lipinski definition) is 4. The predicted molar refractivity (Wildman–Crippen MR) is 125 cm³/mol. The lowest BCUT2D eigenvalue weighted by Crippen LogP contribution is -2.82. The number of ether oxygens (including phenoxy) is 3. The topological polar surface area (TPSA) is 160 Å². The van der Waals surface area contributed by atoms with E-state index in [0.717, 1.165) is 13.8 Å². The van der Waals surface area contributed by atoms with Crippen molar-refractivity contribution >= 4 is 17.9 Å². The second-order valence-electron chi connectivity index (χ2n) is 10.7. The van der Waals surface area contributed by atoms with Crippen molar-refractivity contribution in [3.63, 3.8) is 0 Å². The van der Waals surface area contributed by atoms with Gasteiger partial charge in [-0.05, 0) is 51.7 Å². The van der Waals surface area contributed by atoms with Crippen molar-refractivity contribution in [3.05, 3.63) is 35.9 Å². The van der Waals surface area contributed by atoms with Gasteiger partial charge in [0.1, 0.15) is 11.5 Å². The third kappa shape index (κ3) is 4.51. The molecule has 2 fully saturated rings. The Morgan fingerprint density at radius 1 is 1.03 bits per heavy atom. The van der Waals surface area contributed by atoms with Crippen LogP contribution < -0.4 is 0 Å². The first kappa shape index (κ1) is 28.0. The van der Waals surface area contributed by atoms with Crippen molar-refractivity contribution in [1.82, 2.24) is 0 Å². The molecule has 0 bridgehead atoms. The van der Waals surface area contributed by atoms with E-state index in [1.807, 2.05) is 0 Å². The van der Waals surface area contributed by atoms with Crippen molar-refractivity contribution in [2.24, 2.45) is 11.3 Å². The normalized spacial score (nSPS) is 36.4. The second kappa shape index (κ2) is 9.74. The quantitative estimate of drug-likeness (QED) is 0.324. The molecule has 1 aromatic rings. The Hall–Kier alpha value is -2.53. The molecular formula is C26H36O10. The van der Waals surface area contributed by atoms with E-state index in [2.05, 4.69) is 0 Å². The molecule has 0 unspecified atom stereocenters. The first-order valence-corrected chi connectivity index (χ1v) is 12.0. The van der Waals surface area contributed by atoms with Crippen LogP contribution in [0.15, 0.2) is 30.3 Å². The molecule has 2 aliphatic carbocycles. The van der Waals surface area contributed by atoms with E-state index in [0.29, 0.717) is 0 Å². The minimum Gasteiger partial charge on any atom is -0.458 e. The molecule has 2 saturated carbocycles. The van der Waals surface area contributed by atoms with Gasteiger partial charge < -0.3 is 34.6 Å². The van der Waals surface area contributed by atoms with Crippen LogP contribution in [0.4, 0.5) is 0 Å². The van der Waals surface area contributed by atoms with Crippen molar-refractivity contribution in [2.75, 3.05) is 6.61 Å². The first-order chi connectivity index (χ1) is 16.6. The maximum Gasteiger partial charge on any atom is 0.338 e. The van der Waals surface area contributed by atoms with Gasteiger partial charge in [0.2, 0.25) is 0 Å². The van der Waals surface area contributed by atoms with E-state index >= 15 is 0 Å². The fraction of sp³-hybridized carbons (Fsp3) is 0.654. The van der Waals surface area contributed by atoms with Gasteiger partial charge in [0, 0.05) is 20.3 Å². The summed E-state index contributed by atoms with van der Waals surface area (Å²) in [4.78, 5) is 37.9. The molecule has 3 rings (SSSR count). The summed E-state index contributed by atoms with van der Waals surface area (Å²) in [5.41, 5.74) is -6.91. The SMILES string of the molecule is CC(=O)O[C@@]12C[C@@H](C(C)(C)O)C[C@@H](OC(=O)c3ccccc3)[C@@]1(CO)[C@H](O)[C@H](O)C[C@@]2(C)OC(C)=O. The van der Waals surface area contributed by atoms with Crippen LogP contribution in [0, 0.1) is 11.3 Å². The molecular weight excluding hydrogens is 472 g/mol. The lowest BCUT2D eigenvalue weighted by Gasteiger charge is -2.67. The number of hydrogen-bond acceptors (Lipinski definition) is 10. The molecule has 0 aromatic heterocycles. The third-order valence-corrected chi connectivity index (χ3v) is 7.91. The van der Waals surface area contributed by atoms with E-state index in [-0.39, 0.29) is 24.8 Å². The minimum atomic E-state index is -1.99. The zero-order valence-electron chi connectivity index (χ0n) is 21.3. The molecule has 7 atom stereocenters. The van der Waals surface area contributed by atoms with Crippen LogP contribution in [0.1, 0.15) is 64.2 Å². The van der Waals surface area contributed by atoms with Gasteiger partial charge in [0.05, 0.1) is 30.0 Å². The molecule has 2 aliphatic rings. The first-order valence-electron chi connectivity index (χ1n) is 12.0. The minimum absolute atomic E-state index is 0.0361. The van der Waals surface area contributed by atoms with Crippen LogP contribution in [0.2, 0.25) is 0 Å². The van der Waals surface area contributed by atoms with Crippen LogP contribution in [0.25, 0.3) is 0 Å². The largest absolute Gasteiger partial charge is 0.458 e. The Bertz CT molecular complexity index is 988. The maximum atomic E-state index is 13.2. The Balaban J connectivity index is 2.30. The van der Waals surface area contributed by atoms with Crippen LogP contribution in [0.5, 0.6) is 0 Å². The van der Waals surface area contributed by atoms with Gasteiger partial charge in [-0.3, -0.25) is 9.59 Å². The summed E-state index contributed by atoms with van der Waals surface area (Å²) in [6, 6.07) is 8.05. The highest BCUT2D eigenvalue weighted by molar-refractivity contribution is 5.89. The molecule has 0 aliphatic heterocycles. The predicted octanol–water partition coefficient (Wildman–Crippen LogP) is 1.12. The van der Waals surface area contributed by atoms with Crippen LogP contribution in [-0.2, 0) is 23.8 Å². The summed E-state index contributed by atoms with van der Waals surface area (Å²) in [5, 5.41) is 44.2. The van der Waals surface area contributed by atoms with Gasteiger partial charge in [-0.15, -0.1) is 0 Å². The highest BCUT2D eigenvalue weighted by Crippen LogP contribution is 2.63. The van der Waals surface area contributed by atoms with Gasteiger partial charge >= 0.3 is 17.9 Å². The summed E-state index contributed by atoms with van der Waals surface area (Å²) < 4.78 is 17.5. The summed E-state index contributed by atoms with van der Waals surface area (Å²) in [6.45, 7) is 5.91. The Kier molecular flexibility index (Phi) is 7.59. The van der Waals surface area contributed by atoms with E-state index in [1.165, 1.54) is 19.1 Å². The highest BCUT2D eigenvalue weighted by atomic mass is 16.6. The van der Waals surface area contributed by atoms with Crippen molar-refractivity contribution < 1.29 is 49.0 Å². The van der Waals surface area contributed by atoms with Crippen molar-refractivity contribution in [2.45, 2.75) is 89.0 Å². The van der Waals surface area contributed by atoms with Gasteiger partial charge in [-0.1, -0.05) is 18.2 Å². The van der Waals surface area contributed by atoms with E-state index in [1.54, 1.807) is 32.0 Å². The smallest absolute Gasteiger partial charge is 0.338 e. The number of aliphatic hydroxyl groups excluding tert-OH is 3. The fourth-order valence-corrected chi connectivity index (χ4v) is 6.22. The van der Waals surface area contributed by atoms with Gasteiger partial charge in [-0.2, -0.15) is 0 Å². The fourth-order valence-electron chi connectivity index (χ4n) is 6.22. The number of esters is 3. The molecule has 10 nitrogen and oxygen atoms in total. The van der Waals surface area contributed by atoms with Crippen LogP contribution >= 0.6 is 0 Å². The van der Waals surface area contributed by atoms with Gasteiger partial charge in [0.25, 0.3) is 0 Å². The molecule has 10 heteroatoms. The lowest BCUT2D eigenvalue weighted by atomic mass is 9.45. The zero-order valence-corrected chi connectivity index (χ0v) is 21.3. The van der Waals surface area contributed by atoms with Crippen molar-refractivity contribution in [1.29, 1.82) is 0 Å². The highest BCUT2D eigenvalue weighted by Gasteiger charge is 2.78. The second-order valence-corrected chi connectivity index (χ2v) is 10.7. The molecule has 0 amide bonds. The van der Waals surface area contributed by atoms with Crippen molar-refractivity contribution in [3.8, 4) is 0 Å². The van der Waals surface area contributed by atoms with E-state index in [4.69, 9.17) is 14.2 Å². The zero-order chi connectivity index (χ0) is 27.1. The Labute approximate surface area is 210 Å². The average Bonchev–Trinajstić information content (AvgIpc) is 2.76. The molecule has 0 heterocycles. The standard InChI is InChI=1S/C26H36O10/c1-15(28)35-24(5)13-19(30)21(31)25(14-27)20(34-22(32)17-9-7-6-8-10-17)11-18(23(3,4)33)12-26(24,25)36-16(2)29/h6-10,18-21,27,30-31,33H,11-14H2,1-5H3/t18-,19+,20+,21+,24+,25-,26+/m0/s1. The summed E-state index contributed by atoms with van der Waals surface area (Å²) in [5.74, 6) is -3.02. The molecule has 0 saturated heterocycles. The van der Waals surface area contributed by atoms with Crippen LogP contribution in [0.3, 0.4) is 0 Å². The molecule has 1 aromatic carbocycles. The lowest BCUT2D eigenvalue weighted by molar-refractivity contribution is -0.347. The van der Waals surface area contributed by atoms with E-state index < -0.39 is 71.0 Å². The molecule has 4 N–H and O–H groups in total. The Morgan fingerprint density at radius 2 is 1.61 bits per heavy atom. The van der Waals surface area contributed by atoms with Gasteiger partial charge in [-0.25, -0.2) is 4.79 Å². The number of carbonyl (C=O) groups is 3. The average molecular weight is 509 g/mol. The summed E-state index contributed by atoms with van der Waals surface area (Å²) in [7, 11) is 0. The summed E-state index contributed by atoms with van der Waals surface area (Å²) >= 11 is 0. The maximum absolute atomic E-state index is 13.2. The van der Waals surface area contributed by atoms with Gasteiger partial charge in [0.15, 0.2) is 11.2 Å². The number of aliphatic hydroxyl groups is 4. The third-order valence-electron chi connectivity index (χ3n) is 7.91. The number of rotatable bonds is 6. The molecule has 0 radical (unpaired) electrons. The number of fused-ring (bicyclic) bond motifs is 1. The monoisotopic (exact) mass is 508 g/mol.